The number of nitrogens with zero attached hydrogens (tertiary/aromatic N) is 1. The number of hydrogen-bond acceptors (Lipinski definition) is 3. The van der Waals surface area contributed by atoms with Crippen molar-refractivity contribution in [3.05, 3.63) is 0 Å². The number of amides is 1. The molecule has 1 aliphatic heterocycles. The maximum absolute atomic E-state index is 11.4. The van der Waals surface area contributed by atoms with Gasteiger partial charge in [0.25, 0.3) is 0 Å². The number of carbonyl (C=O) groups is 2. The maximum Gasteiger partial charge on any atom is 0.310 e. The lowest BCUT2D eigenvalue weighted by Crippen LogP contribution is -2.55. The van der Waals surface area contributed by atoms with Crippen LogP contribution in [-0.4, -0.2) is 41.5 Å². The molecule has 0 aliphatic carbocycles. The Morgan fingerprint density at radius 1 is 1.62 bits per heavy atom. The van der Waals surface area contributed by atoms with E-state index in [0.29, 0.717) is 19.6 Å². The molecule has 0 saturated carbocycles. The minimum absolute atomic E-state index is 0.0417. The van der Waals surface area contributed by atoms with E-state index in [4.69, 9.17) is 10.8 Å². The number of nitrogens with two attached hydrogens (primary N) is 1. The molecule has 1 amide bonds. The Hall–Kier alpha value is -1.10. The van der Waals surface area contributed by atoms with Crippen molar-refractivity contribution < 1.29 is 14.7 Å². The van der Waals surface area contributed by atoms with Crippen molar-refractivity contribution in [3.63, 3.8) is 0 Å². The van der Waals surface area contributed by atoms with Gasteiger partial charge >= 0.3 is 5.97 Å². The maximum atomic E-state index is 11.4. The second-order valence-electron chi connectivity index (χ2n) is 3.42. The van der Waals surface area contributed by atoms with Gasteiger partial charge in [-0.2, -0.15) is 0 Å². The predicted octanol–water partition coefficient (Wildman–Crippen LogP) is -0.876. The molecule has 0 bridgehead atoms. The van der Waals surface area contributed by atoms with E-state index in [1.54, 1.807) is 6.92 Å². The van der Waals surface area contributed by atoms with Gasteiger partial charge in [-0.15, -0.1) is 0 Å². The van der Waals surface area contributed by atoms with Crippen molar-refractivity contribution in [2.45, 2.75) is 6.92 Å². The molecule has 1 saturated heterocycles. The molecule has 1 aliphatic rings. The summed E-state index contributed by atoms with van der Waals surface area (Å²) >= 11 is 0. The Labute approximate surface area is 76.5 Å². The SMILES string of the molecule is CC(CN)C(=O)N1CC(C(=O)O)C1. The van der Waals surface area contributed by atoms with Crippen LogP contribution in [0.5, 0.6) is 0 Å². The fraction of sp³-hybridized carbons (Fsp3) is 0.750. The van der Waals surface area contributed by atoms with Crippen LogP contribution in [0.4, 0.5) is 0 Å². The van der Waals surface area contributed by atoms with Crippen LogP contribution in [0.25, 0.3) is 0 Å². The van der Waals surface area contributed by atoms with E-state index < -0.39 is 5.97 Å². The second kappa shape index (κ2) is 3.74. The van der Waals surface area contributed by atoms with E-state index in [9.17, 15) is 9.59 Å². The average Bonchev–Trinajstić information content (AvgIpc) is 1.99. The van der Waals surface area contributed by atoms with Crippen LogP contribution in [0.15, 0.2) is 0 Å². The summed E-state index contributed by atoms with van der Waals surface area (Å²) in [5, 5.41) is 8.57. The Bertz CT molecular complexity index is 223. The first-order chi connectivity index (χ1) is 6.06. The number of carboxylic acid groups (broad SMARTS) is 1. The van der Waals surface area contributed by atoms with Crippen LogP contribution in [0.1, 0.15) is 6.92 Å². The molecule has 1 atom stereocenters. The summed E-state index contributed by atoms with van der Waals surface area (Å²) in [4.78, 5) is 23.3. The largest absolute Gasteiger partial charge is 0.481 e. The lowest BCUT2D eigenvalue weighted by Gasteiger charge is -2.38. The summed E-state index contributed by atoms with van der Waals surface area (Å²) in [7, 11) is 0. The summed E-state index contributed by atoms with van der Waals surface area (Å²) in [6.45, 7) is 2.72. The Kier molecular flexibility index (Phi) is 2.87. The average molecular weight is 186 g/mol. The summed E-state index contributed by atoms with van der Waals surface area (Å²) in [6.07, 6.45) is 0. The number of carbonyl (C=O) groups excluding carboxylic acids is 1. The van der Waals surface area contributed by atoms with Crippen molar-refractivity contribution in [3.8, 4) is 0 Å². The molecule has 5 heteroatoms. The van der Waals surface area contributed by atoms with Gasteiger partial charge in [0.05, 0.1) is 5.92 Å². The molecule has 3 N–H and O–H groups in total. The van der Waals surface area contributed by atoms with Crippen molar-refractivity contribution in [2.75, 3.05) is 19.6 Å². The summed E-state index contributed by atoms with van der Waals surface area (Å²) in [5.41, 5.74) is 5.32. The highest BCUT2D eigenvalue weighted by atomic mass is 16.4. The van der Waals surface area contributed by atoms with Crippen LogP contribution >= 0.6 is 0 Å². The van der Waals surface area contributed by atoms with E-state index in [1.807, 2.05) is 0 Å². The van der Waals surface area contributed by atoms with Crippen molar-refractivity contribution in [1.29, 1.82) is 0 Å². The molecule has 0 aromatic rings. The smallest absolute Gasteiger partial charge is 0.310 e. The van der Waals surface area contributed by atoms with Gasteiger partial charge in [-0.25, -0.2) is 0 Å². The third-order valence-corrected chi connectivity index (χ3v) is 2.32. The van der Waals surface area contributed by atoms with Crippen LogP contribution in [0.3, 0.4) is 0 Å². The first-order valence-electron chi connectivity index (χ1n) is 4.28. The highest BCUT2D eigenvalue weighted by Gasteiger charge is 2.36. The van der Waals surface area contributed by atoms with Gasteiger partial charge in [0.1, 0.15) is 0 Å². The molecule has 0 aromatic heterocycles. The second-order valence-corrected chi connectivity index (χ2v) is 3.42. The molecule has 1 rings (SSSR count). The number of aliphatic carboxylic acids is 1. The lowest BCUT2D eigenvalue weighted by molar-refractivity contribution is -0.154. The fourth-order valence-corrected chi connectivity index (χ4v) is 1.23. The van der Waals surface area contributed by atoms with Crippen LogP contribution < -0.4 is 5.73 Å². The van der Waals surface area contributed by atoms with Gasteiger partial charge in [0.15, 0.2) is 0 Å². The molecule has 1 unspecified atom stereocenters. The lowest BCUT2D eigenvalue weighted by atomic mass is 9.98. The molecule has 5 nitrogen and oxygen atoms in total. The van der Waals surface area contributed by atoms with Crippen LogP contribution in [-0.2, 0) is 9.59 Å². The van der Waals surface area contributed by atoms with Crippen molar-refractivity contribution >= 4 is 11.9 Å². The molecule has 74 valence electrons. The first-order valence-corrected chi connectivity index (χ1v) is 4.28. The van der Waals surface area contributed by atoms with Gasteiger partial charge < -0.3 is 15.7 Å². The van der Waals surface area contributed by atoms with Gasteiger partial charge in [0, 0.05) is 25.6 Å². The van der Waals surface area contributed by atoms with E-state index in [1.165, 1.54) is 4.90 Å². The fourth-order valence-electron chi connectivity index (χ4n) is 1.23. The Morgan fingerprint density at radius 3 is 2.54 bits per heavy atom. The van der Waals surface area contributed by atoms with E-state index >= 15 is 0 Å². The molecule has 13 heavy (non-hydrogen) atoms. The molecule has 1 heterocycles. The normalized spacial score (nSPS) is 19.4. The van der Waals surface area contributed by atoms with Crippen molar-refractivity contribution in [1.82, 2.24) is 4.90 Å². The molecule has 0 spiro atoms. The highest BCUT2D eigenvalue weighted by molar-refractivity contribution is 5.82. The topological polar surface area (TPSA) is 83.6 Å². The Balaban J connectivity index is 2.35. The van der Waals surface area contributed by atoms with Crippen LogP contribution in [0.2, 0.25) is 0 Å². The third kappa shape index (κ3) is 1.98. The number of rotatable bonds is 3. The zero-order valence-corrected chi connectivity index (χ0v) is 7.56. The van der Waals surface area contributed by atoms with Gasteiger partial charge in [0.2, 0.25) is 5.91 Å². The minimum Gasteiger partial charge on any atom is -0.481 e. The predicted molar refractivity (Wildman–Crippen MR) is 45.9 cm³/mol. The summed E-state index contributed by atoms with van der Waals surface area (Å²) in [5.74, 6) is -1.45. The van der Waals surface area contributed by atoms with Gasteiger partial charge in [-0.1, -0.05) is 6.92 Å². The Morgan fingerprint density at radius 2 is 2.15 bits per heavy atom. The monoisotopic (exact) mass is 186 g/mol. The van der Waals surface area contributed by atoms with Gasteiger partial charge in [-0.05, 0) is 0 Å². The van der Waals surface area contributed by atoms with E-state index in [0.717, 1.165) is 0 Å². The molecule has 0 aromatic carbocycles. The minimum atomic E-state index is -0.829. The quantitative estimate of drug-likeness (QED) is 0.599. The summed E-state index contributed by atoms with van der Waals surface area (Å²) in [6, 6.07) is 0. The van der Waals surface area contributed by atoms with E-state index in [-0.39, 0.29) is 17.7 Å². The third-order valence-electron chi connectivity index (χ3n) is 2.32. The van der Waals surface area contributed by atoms with Crippen molar-refractivity contribution in [2.24, 2.45) is 17.6 Å². The molecular formula is C8H14N2O3. The zero-order valence-electron chi connectivity index (χ0n) is 7.56. The number of carboxylic acids is 1. The molecule has 0 radical (unpaired) electrons. The van der Waals surface area contributed by atoms with Crippen LogP contribution in [0, 0.1) is 11.8 Å². The van der Waals surface area contributed by atoms with E-state index in [2.05, 4.69) is 0 Å². The zero-order chi connectivity index (χ0) is 10.0. The standard InChI is InChI=1S/C8H14N2O3/c1-5(2-9)7(11)10-3-6(4-10)8(12)13/h5-6H,2-4,9H2,1H3,(H,12,13). The highest BCUT2D eigenvalue weighted by Crippen LogP contribution is 2.17. The molecule has 1 fully saturated rings. The number of hydrogen-bond donors (Lipinski definition) is 2. The van der Waals surface area contributed by atoms with Gasteiger partial charge in [-0.3, -0.25) is 9.59 Å². The molecular weight excluding hydrogens is 172 g/mol. The number of likely N-dealkylation sites (tertiary alicyclic amines) is 1. The first kappa shape index (κ1) is 9.98. The summed E-state index contributed by atoms with van der Waals surface area (Å²) < 4.78 is 0.